The first-order valence-electron chi connectivity index (χ1n) is 9.55. The molecule has 2 aromatic carbocycles. The number of imidazole rings is 1. The number of fused-ring (bicyclic) bond motifs is 1. The topological polar surface area (TPSA) is 81.6 Å². The van der Waals surface area contributed by atoms with Crippen LogP contribution in [0.4, 0.5) is 20.3 Å². The zero-order valence-corrected chi connectivity index (χ0v) is 16.9. The lowest BCUT2D eigenvalue weighted by molar-refractivity contribution is -0.119. The highest BCUT2D eigenvalue weighted by Crippen LogP contribution is 2.38. The number of anilines is 2. The van der Waals surface area contributed by atoms with Crippen LogP contribution in [0.1, 0.15) is 11.1 Å². The highest BCUT2D eigenvalue weighted by atomic mass is 19.1. The van der Waals surface area contributed by atoms with Gasteiger partial charge in [-0.05, 0) is 61.4 Å². The predicted octanol–water partition coefficient (Wildman–Crippen LogP) is 4.50. The number of rotatable bonds is 6. The number of aryl methyl sites for hydroxylation is 2. The van der Waals surface area contributed by atoms with E-state index < -0.39 is 11.7 Å². The number of amides is 1. The SMILES string of the molecule is Cc1cc(F)cc(C)c1Nc1c(-c2ccccc2OCC(N)=O)nc2ccc(F)cn12. The van der Waals surface area contributed by atoms with Gasteiger partial charge in [0.05, 0.1) is 0 Å². The van der Waals surface area contributed by atoms with Crippen molar-refractivity contribution in [1.82, 2.24) is 9.38 Å². The molecule has 4 aromatic rings. The maximum Gasteiger partial charge on any atom is 0.255 e. The number of hydrogen-bond acceptors (Lipinski definition) is 4. The molecule has 2 heterocycles. The van der Waals surface area contributed by atoms with E-state index in [-0.39, 0.29) is 12.4 Å². The van der Waals surface area contributed by atoms with Gasteiger partial charge in [-0.25, -0.2) is 13.8 Å². The number of primary amides is 1. The third kappa shape index (κ3) is 4.05. The van der Waals surface area contributed by atoms with Crippen molar-refractivity contribution in [3.8, 4) is 17.0 Å². The van der Waals surface area contributed by atoms with Crippen LogP contribution in [0, 0.1) is 25.5 Å². The first-order valence-corrected chi connectivity index (χ1v) is 9.55. The van der Waals surface area contributed by atoms with Gasteiger partial charge in [-0.15, -0.1) is 0 Å². The van der Waals surface area contributed by atoms with Gasteiger partial charge in [0, 0.05) is 17.4 Å². The van der Waals surface area contributed by atoms with Crippen molar-refractivity contribution in [3.63, 3.8) is 0 Å². The molecule has 0 bridgehead atoms. The van der Waals surface area contributed by atoms with Crippen molar-refractivity contribution < 1.29 is 18.3 Å². The van der Waals surface area contributed by atoms with Gasteiger partial charge in [-0.2, -0.15) is 0 Å². The summed E-state index contributed by atoms with van der Waals surface area (Å²) in [6.07, 6.45) is 1.31. The number of benzene rings is 2. The molecule has 1 amide bonds. The molecule has 0 atom stereocenters. The van der Waals surface area contributed by atoms with Crippen LogP contribution < -0.4 is 15.8 Å². The first kappa shape index (κ1) is 20.3. The Kier molecular flexibility index (Phi) is 5.29. The number of aromatic nitrogens is 2. The van der Waals surface area contributed by atoms with E-state index in [9.17, 15) is 13.6 Å². The number of hydrogen-bond donors (Lipinski definition) is 2. The molecular weight excluding hydrogens is 402 g/mol. The third-order valence-corrected chi connectivity index (χ3v) is 4.84. The smallest absolute Gasteiger partial charge is 0.255 e. The molecule has 0 unspecified atom stereocenters. The molecular formula is C23H20F2N4O2. The van der Waals surface area contributed by atoms with Crippen LogP contribution in [-0.4, -0.2) is 21.9 Å². The Labute approximate surface area is 177 Å². The highest BCUT2D eigenvalue weighted by Gasteiger charge is 2.20. The zero-order valence-electron chi connectivity index (χ0n) is 16.9. The van der Waals surface area contributed by atoms with Gasteiger partial charge in [0.15, 0.2) is 6.61 Å². The van der Waals surface area contributed by atoms with Crippen molar-refractivity contribution in [2.45, 2.75) is 13.8 Å². The van der Waals surface area contributed by atoms with Gasteiger partial charge >= 0.3 is 0 Å². The second-order valence-electron chi connectivity index (χ2n) is 7.18. The average molecular weight is 422 g/mol. The first-order chi connectivity index (χ1) is 14.8. The standard InChI is InChI=1S/C23H20F2N4O2/c1-13-9-16(25)10-14(2)21(13)28-23-22(27-20-8-7-15(24)11-29(20)23)17-5-3-4-6-18(17)31-12-19(26)30/h3-11,28H,12H2,1-2H3,(H2,26,30). The fraction of sp³-hybridized carbons (Fsp3) is 0.130. The molecule has 2 aromatic heterocycles. The summed E-state index contributed by atoms with van der Waals surface area (Å²) in [6, 6.07) is 12.8. The molecule has 0 aliphatic heterocycles. The van der Waals surface area contributed by atoms with E-state index in [1.807, 2.05) is 0 Å². The molecule has 3 N–H and O–H groups in total. The summed E-state index contributed by atoms with van der Waals surface area (Å²) in [5.74, 6) is -0.508. The summed E-state index contributed by atoms with van der Waals surface area (Å²) >= 11 is 0. The van der Waals surface area contributed by atoms with Crippen LogP contribution in [0.15, 0.2) is 54.7 Å². The quantitative estimate of drug-likeness (QED) is 0.479. The minimum atomic E-state index is -0.609. The van der Waals surface area contributed by atoms with Gasteiger partial charge < -0.3 is 15.8 Å². The summed E-state index contributed by atoms with van der Waals surface area (Å²) in [5.41, 5.74) is 8.85. The van der Waals surface area contributed by atoms with E-state index in [0.29, 0.717) is 45.3 Å². The fourth-order valence-electron chi connectivity index (χ4n) is 3.49. The van der Waals surface area contributed by atoms with Crippen LogP contribution in [0.25, 0.3) is 16.9 Å². The van der Waals surface area contributed by atoms with Crippen LogP contribution in [0.5, 0.6) is 5.75 Å². The Morgan fingerprint density at radius 3 is 2.52 bits per heavy atom. The van der Waals surface area contributed by atoms with Crippen LogP contribution >= 0.6 is 0 Å². The Hall–Kier alpha value is -3.94. The Morgan fingerprint density at radius 1 is 1.10 bits per heavy atom. The van der Waals surface area contributed by atoms with E-state index in [1.54, 1.807) is 48.6 Å². The molecule has 4 rings (SSSR count). The summed E-state index contributed by atoms with van der Waals surface area (Å²) in [6.45, 7) is 3.27. The summed E-state index contributed by atoms with van der Waals surface area (Å²) < 4.78 is 35.0. The maximum absolute atomic E-state index is 14.1. The van der Waals surface area contributed by atoms with Crippen LogP contribution in [0.2, 0.25) is 0 Å². The normalized spacial score (nSPS) is 11.0. The summed E-state index contributed by atoms with van der Waals surface area (Å²) in [7, 11) is 0. The molecule has 0 saturated carbocycles. The molecule has 8 heteroatoms. The monoisotopic (exact) mass is 422 g/mol. The van der Waals surface area contributed by atoms with E-state index >= 15 is 0 Å². The zero-order chi connectivity index (χ0) is 22.1. The molecule has 0 radical (unpaired) electrons. The Bertz CT molecular complexity index is 1280. The minimum absolute atomic E-state index is 0.294. The summed E-state index contributed by atoms with van der Waals surface area (Å²) in [4.78, 5) is 15.9. The lowest BCUT2D eigenvalue weighted by Gasteiger charge is -2.15. The molecule has 0 aliphatic rings. The van der Waals surface area contributed by atoms with Crippen LogP contribution in [0.3, 0.4) is 0 Å². The number of para-hydroxylation sites is 1. The Balaban J connectivity index is 1.91. The molecule has 0 fully saturated rings. The van der Waals surface area contributed by atoms with Gasteiger partial charge in [-0.3, -0.25) is 9.20 Å². The number of pyridine rings is 1. The second-order valence-corrected chi connectivity index (χ2v) is 7.18. The maximum atomic E-state index is 14.1. The molecule has 31 heavy (non-hydrogen) atoms. The van der Waals surface area contributed by atoms with E-state index in [0.717, 1.165) is 0 Å². The second kappa shape index (κ2) is 8.06. The largest absolute Gasteiger partial charge is 0.483 e. The number of nitrogens with one attached hydrogen (secondary N) is 1. The molecule has 0 aliphatic carbocycles. The number of nitrogens with two attached hydrogens (primary N) is 1. The van der Waals surface area contributed by atoms with Crippen molar-refractivity contribution in [3.05, 3.63) is 77.5 Å². The average Bonchev–Trinajstić information content (AvgIpc) is 3.06. The summed E-state index contributed by atoms with van der Waals surface area (Å²) in [5, 5.41) is 3.30. The lowest BCUT2D eigenvalue weighted by atomic mass is 10.1. The number of carbonyl (C=O) groups excluding carboxylic acids is 1. The minimum Gasteiger partial charge on any atom is -0.483 e. The number of ether oxygens (including phenoxy) is 1. The molecule has 0 saturated heterocycles. The highest BCUT2D eigenvalue weighted by molar-refractivity contribution is 5.84. The van der Waals surface area contributed by atoms with Crippen molar-refractivity contribution in [1.29, 1.82) is 0 Å². The van der Waals surface area contributed by atoms with Crippen molar-refractivity contribution in [2.75, 3.05) is 11.9 Å². The Morgan fingerprint density at radius 2 is 1.81 bits per heavy atom. The molecule has 0 spiro atoms. The van der Waals surface area contributed by atoms with Crippen LogP contribution in [-0.2, 0) is 4.79 Å². The van der Waals surface area contributed by atoms with Gasteiger partial charge in [0.1, 0.15) is 34.5 Å². The van der Waals surface area contributed by atoms with Gasteiger partial charge in [-0.1, -0.05) is 12.1 Å². The third-order valence-electron chi connectivity index (χ3n) is 4.84. The van der Waals surface area contributed by atoms with Crippen molar-refractivity contribution >= 4 is 23.1 Å². The van der Waals surface area contributed by atoms with E-state index in [2.05, 4.69) is 10.3 Å². The molecule has 158 valence electrons. The number of carbonyl (C=O) groups is 1. The fourth-order valence-corrected chi connectivity index (χ4v) is 3.49. The van der Waals surface area contributed by atoms with E-state index in [1.165, 1.54) is 24.4 Å². The predicted molar refractivity (Wildman–Crippen MR) is 114 cm³/mol. The van der Waals surface area contributed by atoms with Gasteiger partial charge in [0.25, 0.3) is 5.91 Å². The van der Waals surface area contributed by atoms with E-state index in [4.69, 9.17) is 10.5 Å². The van der Waals surface area contributed by atoms with Gasteiger partial charge in [0.2, 0.25) is 0 Å². The molecule has 6 nitrogen and oxygen atoms in total. The van der Waals surface area contributed by atoms with Crippen molar-refractivity contribution in [2.24, 2.45) is 5.73 Å². The lowest BCUT2D eigenvalue weighted by Crippen LogP contribution is -2.20. The number of halogens is 2. The number of nitrogens with zero attached hydrogens (tertiary/aromatic N) is 2.